The summed E-state index contributed by atoms with van der Waals surface area (Å²) in [5.74, 6) is 1.28. The van der Waals surface area contributed by atoms with Crippen LogP contribution in [-0.4, -0.2) is 58.3 Å². The molecule has 0 atom stereocenters. The van der Waals surface area contributed by atoms with Gasteiger partial charge in [-0.1, -0.05) is 30.3 Å². The molecule has 0 aliphatic carbocycles. The predicted molar refractivity (Wildman–Crippen MR) is 131 cm³/mol. The number of nitrogens with one attached hydrogen (secondary N) is 2. The van der Waals surface area contributed by atoms with E-state index in [2.05, 4.69) is 25.3 Å². The number of morpholine rings is 1. The summed E-state index contributed by atoms with van der Waals surface area (Å²) < 4.78 is 10.9. The fourth-order valence-electron chi connectivity index (χ4n) is 3.92. The smallest absolute Gasteiger partial charge is 0.294 e. The van der Waals surface area contributed by atoms with Gasteiger partial charge in [-0.05, 0) is 11.6 Å². The molecule has 1 aliphatic rings. The van der Waals surface area contributed by atoms with Gasteiger partial charge in [0, 0.05) is 31.4 Å². The van der Waals surface area contributed by atoms with E-state index in [0.29, 0.717) is 54.9 Å². The standard InChI is InChI=1S/C24H23N7O4/c1-34-22-14-20(30-9-11-35-12-10-30)21(31(32)33)13-18(22)29-24-25-8-7-17(28-24)23-26-15-19(27-23)16-5-3-2-4-6-16/h2-8,13-15H,9-12H2,1H3,(H,26,27)(H,25,28,29). The Hall–Kier alpha value is -4.51. The van der Waals surface area contributed by atoms with Crippen LogP contribution in [0.2, 0.25) is 0 Å². The summed E-state index contributed by atoms with van der Waals surface area (Å²) in [5, 5.41) is 14.9. The summed E-state index contributed by atoms with van der Waals surface area (Å²) in [6, 6.07) is 14.7. The van der Waals surface area contributed by atoms with Gasteiger partial charge < -0.3 is 24.7 Å². The quantitative estimate of drug-likeness (QED) is 0.302. The van der Waals surface area contributed by atoms with Crippen molar-refractivity contribution in [2.24, 2.45) is 0 Å². The molecule has 0 saturated carbocycles. The summed E-state index contributed by atoms with van der Waals surface area (Å²) in [7, 11) is 1.51. The number of nitro benzene ring substituents is 1. The van der Waals surface area contributed by atoms with Gasteiger partial charge in [0.05, 0.1) is 42.8 Å². The Morgan fingerprint density at radius 3 is 2.69 bits per heavy atom. The number of rotatable bonds is 7. The minimum Gasteiger partial charge on any atom is -0.494 e. The third-order valence-electron chi connectivity index (χ3n) is 5.65. The Kier molecular flexibility index (Phi) is 6.22. The largest absolute Gasteiger partial charge is 0.494 e. The van der Waals surface area contributed by atoms with Crippen molar-refractivity contribution in [3.05, 3.63) is 71.0 Å². The zero-order chi connectivity index (χ0) is 24.2. The first-order valence-corrected chi connectivity index (χ1v) is 11.0. The molecular weight excluding hydrogens is 450 g/mol. The van der Waals surface area contributed by atoms with Crippen LogP contribution in [0.3, 0.4) is 0 Å². The molecule has 0 spiro atoms. The number of methoxy groups -OCH3 is 1. The topological polar surface area (TPSA) is 131 Å². The van der Waals surface area contributed by atoms with Gasteiger partial charge in [-0.15, -0.1) is 0 Å². The molecule has 0 unspecified atom stereocenters. The zero-order valence-electron chi connectivity index (χ0n) is 19.0. The highest BCUT2D eigenvalue weighted by molar-refractivity contribution is 5.77. The lowest BCUT2D eigenvalue weighted by Gasteiger charge is -2.29. The molecule has 1 aliphatic heterocycles. The van der Waals surface area contributed by atoms with Crippen LogP contribution < -0.4 is 15.0 Å². The van der Waals surface area contributed by atoms with E-state index in [1.165, 1.54) is 13.2 Å². The van der Waals surface area contributed by atoms with E-state index < -0.39 is 4.92 Å². The van der Waals surface area contributed by atoms with Crippen LogP contribution in [-0.2, 0) is 4.74 Å². The monoisotopic (exact) mass is 473 g/mol. The number of benzene rings is 2. The molecule has 0 radical (unpaired) electrons. The number of aromatic nitrogens is 4. The van der Waals surface area contributed by atoms with Crippen LogP contribution in [0.1, 0.15) is 0 Å². The van der Waals surface area contributed by atoms with E-state index in [0.717, 1.165) is 11.3 Å². The van der Waals surface area contributed by atoms with E-state index in [-0.39, 0.29) is 11.6 Å². The maximum absolute atomic E-state index is 11.9. The van der Waals surface area contributed by atoms with Gasteiger partial charge in [-0.3, -0.25) is 10.1 Å². The highest BCUT2D eigenvalue weighted by atomic mass is 16.6. The molecule has 2 aromatic carbocycles. The Morgan fingerprint density at radius 1 is 1.14 bits per heavy atom. The third kappa shape index (κ3) is 4.75. The second kappa shape index (κ2) is 9.77. The molecule has 3 heterocycles. The van der Waals surface area contributed by atoms with Crippen molar-refractivity contribution >= 4 is 23.0 Å². The molecule has 2 aromatic heterocycles. The number of aromatic amines is 1. The molecule has 5 rings (SSSR count). The first-order valence-electron chi connectivity index (χ1n) is 11.0. The van der Waals surface area contributed by atoms with Gasteiger partial charge in [0.15, 0.2) is 5.82 Å². The predicted octanol–water partition coefficient (Wildman–Crippen LogP) is 4.03. The number of hydrogen-bond acceptors (Lipinski definition) is 9. The molecule has 0 bridgehead atoms. The van der Waals surface area contributed by atoms with Crippen molar-refractivity contribution in [3.63, 3.8) is 0 Å². The third-order valence-corrected chi connectivity index (χ3v) is 5.65. The van der Waals surface area contributed by atoms with E-state index >= 15 is 0 Å². The SMILES string of the molecule is COc1cc(N2CCOCC2)c([N+](=O)[O-])cc1Nc1nccc(-c2ncc(-c3ccccc3)[nH]2)n1. The van der Waals surface area contributed by atoms with Crippen molar-refractivity contribution in [1.82, 2.24) is 19.9 Å². The highest BCUT2D eigenvalue weighted by Gasteiger charge is 2.25. The van der Waals surface area contributed by atoms with Gasteiger partial charge >= 0.3 is 0 Å². The minimum atomic E-state index is -0.402. The Morgan fingerprint density at radius 2 is 1.94 bits per heavy atom. The van der Waals surface area contributed by atoms with Gasteiger partial charge in [0.1, 0.15) is 17.1 Å². The molecular formula is C24H23N7O4. The number of ether oxygens (including phenoxy) is 2. The van der Waals surface area contributed by atoms with E-state index in [4.69, 9.17) is 9.47 Å². The Balaban J connectivity index is 1.44. The van der Waals surface area contributed by atoms with Gasteiger partial charge in [-0.2, -0.15) is 0 Å². The first-order chi connectivity index (χ1) is 17.1. The second-order valence-electron chi connectivity index (χ2n) is 7.80. The summed E-state index contributed by atoms with van der Waals surface area (Å²) in [4.78, 5) is 29.9. The fraction of sp³-hybridized carbons (Fsp3) is 0.208. The summed E-state index contributed by atoms with van der Waals surface area (Å²) in [6.07, 6.45) is 3.34. The van der Waals surface area contributed by atoms with Crippen LogP contribution >= 0.6 is 0 Å². The molecule has 4 aromatic rings. The maximum Gasteiger partial charge on any atom is 0.294 e. The molecule has 2 N–H and O–H groups in total. The van der Waals surface area contributed by atoms with Crippen LogP contribution in [0, 0.1) is 10.1 Å². The lowest BCUT2D eigenvalue weighted by Crippen LogP contribution is -2.36. The number of hydrogen-bond donors (Lipinski definition) is 2. The lowest BCUT2D eigenvalue weighted by atomic mass is 10.2. The normalized spacial score (nSPS) is 13.5. The number of imidazole rings is 1. The molecule has 35 heavy (non-hydrogen) atoms. The van der Waals surface area contributed by atoms with Gasteiger partial charge in [-0.25, -0.2) is 15.0 Å². The van der Waals surface area contributed by atoms with Crippen LogP contribution in [0.5, 0.6) is 5.75 Å². The van der Waals surface area contributed by atoms with Crippen LogP contribution in [0.15, 0.2) is 60.9 Å². The number of anilines is 3. The molecule has 11 heteroatoms. The summed E-state index contributed by atoms with van der Waals surface area (Å²) in [6.45, 7) is 2.16. The maximum atomic E-state index is 11.9. The van der Waals surface area contributed by atoms with E-state index in [9.17, 15) is 10.1 Å². The molecule has 11 nitrogen and oxygen atoms in total. The van der Waals surface area contributed by atoms with Gasteiger partial charge in [0.2, 0.25) is 5.95 Å². The second-order valence-corrected chi connectivity index (χ2v) is 7.80. The van der Waals surface area contributed by atoms with Crippen LogP contribution in [0.25, 0.3) is 22.8 Å². The van der Waals surface area contributed by atoms with Crippen molar-refractivity contribution < 1.29 is 14.4 Å². The van der Waals surface area contributed by atoms with Crippen molar-refractivity contribution in [2.45, 2.75) is 0 Å². The first kappa shape index (κ1) is 22.3. The number of nitro groups is 1. The summed E-state index contributed by atoms with van der Waals surface area (Å²) in [5.41, 5.74) is 3.28. The highest BCUT2D eigenvalue weighted by Crippen LogP contribution is 2.39. The molecule has 1 fully saturated rings. The van der Waals surface area contributed by atoms with Gasteiger partial charge in [0.25, 0.3) is 5.69 Å². The lowest BCUT2D eigenvalue weighted by molar-refractivity contribution is -0.384. The van der Waals surface area contributed by atoms with Crippen molar-refractivity contribution in [3.8, 4) is 28.5 Å². The number of H-pyrrole nitrogens is 1. The molecule has 0 amide bonds. The summed E-state index contributed by atoms with van der Waals surface area (Å²) >= 11 is 0. The van der Waals surface area contributed by atoms with Crippen LogP contribution in [0.4, 0.5) is 23.0 Å². The average Bonchev–Trinajstić information content (AvgIpc) is 3.40. The Bertz CT molecular complexity index is 1340. The minimum absolute atomic E-state index is 0.0371. The Labute approximate surface area is 200 Å². The average molecular weight is 473 g/mol. The number of nitrogens with zero attached hydrogens (tertiary/aromatic N) is 5. The molecule has 178 valence electrons. The van der Waals surface area contributed by atoms with Crippen molar-refractivity contribution in [2.75, 3.05) is 43.6 Å². The fourth-order valence-corrected chi connectivity index (χ4v) is 3.92. The zero-order valence-corrected chi connectivity index (χ0v) is 19.0. The van der Waals surface area contributed by atoms with E-state index in [1.54, 1.807) is 24.5 Å². The van der Waals surface area contributed by atoms with Crippen molar-refractivity contribution in [1.29, 1.82) is 0 Å². The van der Waals surface area contributed by atoms with E-state index in [1.807, 2.05) is 35.2 Å². The molecule has 1 saturated heterocycles.